The van der Waals surface area contributed by atoms with Crippen molar-refractivity contribution in [2.24, 2.45) is 0 Å². The van der Waals surface area contributed by atoms with Crippen molar-refractivity contribution in [3.05, 3.63) is 108 Å². The Kier molecular flexibility index (Phi) is 4.91. The minimum atomic E-state index is -1.87. The van der Waals surface area contributed by atoms with Crippen molar-refractivity contribution in [1.29, 1.82) is 0 Å². The van der Waals surface area contributed by atoms with Gasteiger partial charge in [0.1, 0.15) is 6.10 Å². The van der Waals surface area contributed by atoms with Gasteiger partial charge >= 0.3 is 0 Å². The lowest BCUT2D eigenvalue weighted by molar-refractivity contribution is -0.193. The molecule has 4 atom stereocenters. The molecule has 0 amide bonds. The van der Waals surface area contributed by atoms with E-state index in [0.29, 0.717) is 0 Å². The molecule has 0 aliphatic carbocycles. The molecule has 1 aliphatic heterocycles. The second-order valence-electron chi connectivity index (χ2n) is 6.09. The molecule has 1 saturated heterocycles. The Labute approximate surface area is 149 Å². The van der Waals surface area contributed by atoms with Crippen molar-refractivity contribution in [2.45, 2.75) is 17.9 Å². The predicted molar refractivity (Wildman–Crippen MR) is 98.7 cm³/mol. The molecule has 1 N–H and O–H groups in total. The normalized spacial score (nSPS) is 26.3. The van der Waals surface area contributed by atoms with E-state index in [9.17, 15) is 4.89 Å². The monoisotopic (exact) mass is 348 g/mol. The first-order valence-electron chi connectivity index (χ1n) is 8.37. The van der Waals surface area contributed by atoms with E-state index in [1.54, 1.807) is 0 Å². The molecule has 0 saturated carbocycles. The highest BCUT2D eigenvalue weighted by Gasteiger charge is 2.35. The second-order valence-corrected chi connectivity index (χ2v) is 7.39. The Morgan fingerprint density at radius 2 is 1.16 bits per heavy atom. The van der Waals surface area contributed by atoms with Crippen molar-refractivity contribution in [3.63, 3.8) is 0 Å². The second kappa shape index (κ2) is 7.47. The smallest absolute Gasteiger partial charge is 0.105 e. The number of benzene rings is 3. The quantitative estimate of drug-likeness (QED) is 0.711. The minimum absolute atomic E-state index is 0.0680. The third-order valence-electron chi connectivity index (χ3n) is 4.47. The van der Waals surface area contributed by atoms with E-state index in [-0.39, 0.29) is 17.9 Å². The maximum absolute atomic E-state index is 12.8. The van der Waals surface area contributed by atoms with Gasteiger partial charge in [-0.1, -0.05) is 91.0 Å². The van der Waals surface area contributed by atoms with Gasteiger partial charge in [-0.3, -0.25) is 5.32 Å². The van der Waals surface area contributed by atoms with Crippen LogP contribution in [-0.2, 0) is 4.52 Å². The molecule has 0 spiro atoms. The molecule has 0 radical (unpaired) electrons. The van der Waals surface area contributed by atoms with Crippen molar-refractivity contribution < 1.29 is 9.42 Å². The molecule has 3 aromatic rings. The fraction of sp³-hybridized carbons (Fsp3) is 0.143. The van der Waals surface area contributed by atoms with Crippen molar-refractivity contribution >= 4 is 8.38 Å². The van der Waals surface area contributed by atoms with E-state index in [0.717, 1.165) is 16.7 Å². The van der Waals surface area contributed by atoms with E-state index in [4.69, 9.17) is 4.52 Å². The summed E-state index contributed by atoms with van der Waals surface area (Å²) < 4.78 is 6.05. The summed E-state index contributed by atoms with van der Waals surface area (Å²) in [4.78, 5) is 12.8. The summed E-state index contributed by atoms with van der Waals surface area (Å²) in [6.45, 7) is 0. The molecule has 126 valence electrons. The zero-order valence-corrected chi connectivity index (χ0v) is 14.6. The lowest BCUT2D eigenvalue weighted by Gasteiger charge is -2.46. The van der Waals surface area contributed by atoms with E-state index in [1.165, 1.54) is 0 Å². The van der Waals surface area contributed by atoms with Crippen LogP contribution in [0.5, 0.6) is 0 Å². The first kappa shape index (κ1) is 16.4. The van der Waals surface area contributed by atoms with Crippen LogP contribution in [0.1, 0.15) is 34.6 Å². The number of nitrogens with one attached hydrogen (secondary N) is 1. The summed E-state index contributed by atoms with van der Waals surface area (Å²) in [6, 6.07) is 30.0. The largest absolute Gasteiger partial charge is 0.807 e. The Balaban J connectivity index is 1.71. The Bertz CT molecular complexity index is 798. The van der Waals surface area contributed by atoms with E-state index in [1.807, 2.05) is 78.9 Å². The Morgan fingerprint density at radius 1 is 0.680 bits per heavy atom. The van der Waals surface area contributed by atoms with Crippen LogP contribution in [0.3, 0.4) is 0 Å². The molecule has 1 fully saturated rings. The summed E-state index contributed by atoms with van der Waals surface area (Å²) >= 11 is 0. The summed E-state index contributed by atoms with van der Waals surface area (Å²) in [5.41, 5.74) is 3.13. The fourth-order valence-corrected chi connectivity index (χ4v) is 4.52. The molecule has 25 heavy (non-hydrogen) atoms. The number of hydrogen-bond acceptors (Lipinski definition) is 3. The highest BCUT2D eigenvalue weighted by atomic mass is 31.2. The lowest BCUT2D eigenvalue weighted by atomic mass is 9.95. The average molecular weight is 348 g/mol. The predicted octanol–water partition coefficient (Wildman–Crippen LogP) is 4.46. The van der Waals surface area contributed by atoms with E-state index in [2.05, 4.69) is 17.4 Å². The standard InChI is InChI=1S/C21H19NO2P/c23-25-21(18-14-8-3-9-15-18)22-19(16-10-4-1-5-11-16)20(24-25)17-12-6-2-7-13-17/h1-15,19-22H/q-1/t19-,20+,21?,25?/m0/s1. The molecule has 0 aromatic heterocycles. The molecule has 0 bridgehead atoms. The molecule has 3 aromatic carbocycles. The first-order valence-corrected chi connectivity index (χ1v) is 9.61. The molecule has 4 rings (SSSR count). The summed E-state index contributed by atoms with van der Waals surface area (Å²) in [5.74, 6) is -0.318. The van der Waals surface area contributed by atoms with Crippen molar-refractivity contribution in [2.75, 3.05) is 0 Å². The molecule has 1 heterocycles. The van der Waals surface area contributed by atoms with Crippen LogP contribution >= 0.6 is 8.38 Å². The van der Waals surface area contributed by atoms with Gasteiger partial charge < -0.3 is 9.42 Å². The first-order chi connectivity index (χ1) is 12.3. The summed E-state index contributed by atoms with van der Waals surface area (Å²) in [7, 11) is -1.87. The van der Waals surface area contributed by atoms with E-state index >= 15 is 0 Å². The maximum Gasteiger partial charge on any atom is 0.105 e. The zero-order valence-electron chi connectivity index (χ0n) is 13.7. The fourth-order valence-electron chi connectivity index (χ4n) is 3.23. The molecular formula is C21H19NO2P-. The van der Waals surface area contributed by atoms with Gasteiger partial charge in [0.25, 0.3) is 0 Å². The zero-order chi connectivity index (χ0) is 17.1. The van der Waals surface area contributed by atoms with Gasteiger partial charge in [-0.25, -0.2) is 0 Å². The van der Waals surface area contributed by atoms with Gasteiger partial charge in [0.05, 0.1) is 11.8 Å². The number of hydrogen-bond donors (Lipinski definition) is 1. The van der Waals surface area contributed by atoms with Gasteiger partial charge in [-0.2, -0.15) is 0 Å². The Hall–Kier alpha value is -2.03. The molecular weight excluding hydrogens is 329 g/mol. The van der Waals surface area contributed by atoms with Crippen LogP contribution in [-0.4, -0.2) is 0 Å². The average Bonchev–Trinajstić information content (AvgIpc) is 2.70. The van der Waals surface area contributed by atoms with Crippen LogP contribution in [0, 0.1) is 0 Å². The Morgan fingerprint density at radius 3 is 1.72 bits per heavy atom. The summed E-state index contributed by atoms with van der Waals surface area (Å²) in [6.07, 6.45) is -0.285. The van der Waals surface area contributed by atoms with Crippen LogP contribution in [0.2, 0.25) is 0 Å². The van der Waals surface area contributed by atoms with Crippen LogP contribution < -0.4 is 10.2 Å². The van der Waals surface area contributed by atoms with Gasteiger partial charge in [0.2, 0.25) is 0 Å². The lowest BCUT2D eigenvalue weighted by Crippen LogP contribution is -2.38. The SMILES string of the molecule is [O-]P1O[C@H](c2ccccc2)[C@H](c2ccccc2)NC1c1ccccc1. The maximum atomic E-state index is 12.8. The van der Waals surface area contributed by atoms with Gasteiger partial charge in [-0.05, 0) is 25.1 Å². The minimum Gasteiger partial charge on any atom is -0.807 e. The number of rotatable bonds is 3. The topological polar surface area (TPSA) is 44.3 Å². The van der Waals surface area contributed by atoms with Crippen molar-refractivity contribution in [3.8, 4) is 0 Å². The van der Waals surface area contributed by atoms with E-state index < -0.39 is 8.38 Å². The van der Waals surface area contributed by atoms with Crippen LogP contribution in [0.4, 0.5) is 0 Å². The van der Waals surface area contributed by atoms with Gasteiger partial charge in [-0.15, -0.1) is 0 Å². The third kappa shape index (κ3) is 3.51. The molecule has 3 nitrogen and oxygen atoms in total. The molecule has 2 unspecified atom stereocenters. The van der Waals surface area contributed by atoms with Gasteiger partial charge in [0.15, 0.2) is 0 Å². The molecule has 1 aliphatic rings. The van der Waals surface area contributed by atoms with Crippen LogP contribution in [0.25, 0.3) is 0 Å². The highest BCUT2D eigenvalue weighted by Crippen LogP contribution is 2.55. The van der Waals surface area contributed by atoms with Crippen molar-refractivity contribution in [1.82, 2.24) is 5.32 Å². The van der Waals surface area contributed by atoms with Crippen LogP contribution in [0.15, 0.2) is 91.0 Å². The molecule has 4 heteroatoms. The third-order valence-corrected chi connectivity index (χ3v) is 5.77. The highest BCUT2D eigenvalue weighted by molar-refractivity contribution is 7.45. The van der Waals surface area contributed by atoms with Gasteiger partial charge in [0, 0.05) is 0 Å². The summed E-state index contributed by atoms with van der Waals surface area (Å²) in [5, 5.41) is 3.58.